The second-order valence-corrected chi connectivity index (χ2v) is 6.83. The second-order valence-electron chi connectivity index (χ2n) is 6.83. The number of pyridine rings is 2. The molecular formula is C21H27N5O2. The zero-order valence-electron chi connectivity index (χ0n) is 16.4. The lowest BCUT2D eigenvalue weighted by Gasteiger charge is -2.38. The molecule has 7 heteroatoms. The lowest BCUT2D eigenvalue weighted by Crippen LogP contribution is -2.47. The quantitative estimate of drug-likeness (QED) is 0.752. The number of piperidine rings is 1. The van der Waals surface area contributed by atoms with Crippen molar-refractivity contribution >= 4 is 17.4 Å². The first-order valence-electron chi connectivity index (χ1n) is 9.62. The van der Waals surface area contributed by atoms with Crippen molar-refractivity contribution in [1.82, 2.24) is 14.9 Å². The highest BCUT2D eigenvalue weighted by atomic mass is 16.2. The Morgan fingerprint density at radius 1 is 1.39 bits per heavy atom. The summed E-state index contributed by atoms with van der Waals surface area (Å²) in [4.78, 5) is 35.5. The van der Waals surface area contributed by atoms with Gasteiger partial charge >= 0.3 is 0 Å². The maximum atomic E-state index is 12.6. The fourth-order valence-electron chi connectivity index (χ4n) is 3.75. The van der Waals surface area contributed by atoms with Gasteiger partial charge in [0.25, 0.3) is 5.56 Å². The van der Waals surface area contributed by atoms with E-state index in [0.29, 0.717) is 18.8 Å². The van der Waals surface area contributed by atoms with Gasteiger partial charge in [0.15, 0.2) is 0 Å². The molecule has 2 aromatic rings. The van der Waals surface area contributed by atoms with E-state index in [-0.39, 0.29) is 17.5 Å². The summed E-state index contributed by atoms with van der Waals surface area (Å²) < 4.78 is 0. The molecule has 1 amide bonds. The Morgan fingerprint density at radius 2 is 2.14 bits per heavy atom. The van der Waals surface area contributed by atoms with E-state index >= 15 is 0 Å². The molecule has 1 aliphatic rings. The topological polar surface area (TPSA) is 81.3 Å². The van der Waals surface area contributed by atoms with Crippen molar-refractivity contribution in [3.63, 3.8) is 0 Å². The van der Waals surface area contributed by atoms with Crippen molar-refractivity contribution in [1.29, 1.82) is 0 Å². The van der Waals surface area contributed by atoms with E-state index in [1.807, 2.05) is 30.1 Å². The number of H-pyrrole nitrogens is 1. The fourth-order valence-corrected chi connectivity index (χ4v) is 3.75. The molecule has 0 radical (unpaired) electrons. The van der Waals surface area contributed by atoms with Gasteiger partial charge in [0.1, 0.15) is 11.5 Å². The molecule has 0 bridgehead atoms. The maximum absolute atomic E-state index is 12.6. The van der Waals surface area contributed by atoms with E-state index in [2.05, 4.69) is 33.7 Å². The van der Waals surface area contributed by atoms with Crippen molar-refractivity contribution in [2.45, 2.75) is 25.8 Å². The fraction of sp³-hybridized carbons (Fsp3) is 0.381. The van der Waals surface area contributed by atoms with Gasteiger partial charge < -0.3 is 20.1 Å². The number of anilines is 2. The number of aromatic nitrogens is 2. The Bertz CT molecular complexity index is 900. The number of aromatic amines is 1. The highest BCUT2D eigenvalue weighted by molar-refractivity contribution is 5.87. The third kappa shape index (κ3) is 4.08. The van der Waals surface area contributed by atoms with Crippen LogP contribution in [-0.4, -0.2) is 53.5 Å². The maximum Gasteiger partial charge on any atom is 0.271 e. The molecule has 0 aliphatic carbocycles. The van der Waals surface area contributed by atoms with Crippen molar-refractivity contribution in [2.75, 3.05) is 36.9 Å². The van der Waals surface area contributed by atoms with Gasteiger partial charge in [-0.25, -0.2) is 4.98 Å². The van der Waals surface area contributed by atoms with Gasteiger partial charge in [-0.2, -0.15) is 0 Å². The van der Waals surface area contributed by atoms with E-state index in [4.69, 9.17) is 0 Å². The van der Waals surface area contributed by atoms with Crippen LogP contribution in [0.5, 0.6) is 0 Å². The minimum absolute atomic E-state index is 0.0284. The molecule has 7 nitrogen and oxygen atoms in total. The molecule has 0 atom stereocenters. The van der Waals surface area contributed by atoms with Crippen LogP contribution in [0.4, 0.5) is 11.5 Å². The van der Waals surface area contributed by atoms with Crippen LogP contribution in [0.3, 0.4) is 0 Å². The Balaban J connectivity index is 1.86. The number of nitrogens with one attached hydrogen (secondary N) is 2. The number of carbonyl (C=O) groups excluding carboxylic acids is 1. The van der Waals surface area contributed by atoms with Crippen LogP contribution < -0.4 is 15.8 Å². The molecule has 0 saturated carbocycles. The zero-order chi connectivity index (χ0) is 20.1. The first-order valence-corrected chi connectivity index (χ1v) is 9.62. The second kappa shape index (κ2) is 8.73. The SMILES string of the molecule is C=CC(=O)N1CCC(N(CC)c2cc(-c3ccnc(NC)c3)c[nH]c2=O)CC1. The van der Waals surface area contributed by atoms with Crippen LogP contribution in [0.15, 0.2) is 48.0 Å². The molecule has 2 aromatic heterocycles. The normalized spacial score (nSPS) is 14.6. The molecule has 3 heterocycles. The lowest BCUT2D eigenvalue weighted by molar-refractivity contribution is -0.127. The van der Waals surface area contributed by atoms with Crippen LogP contribution in [0.2, 0.25) is 0 Å². The minimum atomic E-state index is -0.0990. The molecule has 1 fully saturated rings. The Morgan fingerprint density at radius 3 is 2.79 bits per heavy atom. The summed E-state index contributed by atoms with van der Waals surface area (Å²) in [5, 5.41) is 3.03. The van der Waals surface area contributed by atoms with Crippen LogP contribution in [0.1, 0.15) is 19.8 Å². The summed E-state index contributed by atoms with van der Waals surface area (Å²) in [6.07, 6.45) is 6.50. The van der Waals surface area contributed by atoms with Gasteiger partial charge in [0.2, 0.25) is 5.91 Å². The van der Waals surface area contributed by atoms with E-state index < -0.39 is 0 Å². The van der Waals surface area contributed by atoms with Gasteiger partial charge in [0, 0.05) is 50.7 Å². The molecule has 1 saturated heterocycles. The molecule has 0 unspecified atom stereocenters. The Labute approximate surface area is 165 Å². The number of carbonyl (C=O) groups is 1. The van der Waals surface area contributed by atoms with Gasteiger partial charge in [-0.3, -0.25) is 9.59 Å². The van der Waals surface area contributed by atoms with E-state index in [1.165, 1.54) is 6.08 Å². The number of rotatable bonds is 6. The van der Waals surface area contributed by atoms with Crippen molar-refractivity contribution in [2.24, 2.45) is 0 Å². The third-order valence-corrected chi connectivity index (χ3v) is 5.27. The summed E-state index contributed by atoms with van der Waals surface area (Å²) in [6, 6.07) is 6.04. The largest absolute Gasteiger partial charge is 0.373 e. The standard InChI is InChI=1S/C21H27N5O2/c1-4-20(27)25-10-7-17(8-11-25)26(5-2)18-12-16(14-24-21(18)28)15-6-9-23-19(13-15)22-3/h4,6,9,12-14,17H,1,5,7-8,10-11H2,2-3H3,(H,22,23)(H,24,28). The minimum Gasteiger partial charge on any atom is -0.373 e. The molecule has 0 spiro atoms. The summed E-state index contributed by atoms with van der Waals surface area (Å²) in [7, 11) is 1.83. The van der Waals surface area contributed by atoms with E-state index in [0.717, 1.165) is 36.3 Å². The molecule has 0 aromatic carbocycles. The Kier molecular flexibility index (Phi) is 6.13. The van der Waals surface area contributed by atoms with Crippen LogP contribution in [-0.2, 0) is 4.79 Å². The number of hydrogen-bond acceptors (Lipinski definition) is 5. The summed E-state index contributed by atoms with van der Waals surface area (Å²) in [6.45, 7) is 7.70. The highest BCUT2D eigenvalue weighted by Gasteiger charge is 2.27. The lowest BCUT2D eigenvalue weighted by atomic mass is 10.0. The summed E-state index contributed by atoms with van der Waals surface area (Å²) >= 11 is 0. The van der Waals surface area contributed by atoms with Gasteiger partial charge in [0.05, 0.1) is 0 Å². The highest BCUT2D eigenvalue weighted by Crippen LogP contribution is 2.26. The van der Waals surface area contributed by atoms with Crippen LogP contribution in [0.25, 0.3) is 11.1 Å². The molecule has 3 rings (SSSR count). The Hall–Kier alpha value is -3.09. The average molecular weight is 381 g/mol. The van der Waals surface area contributed by atoms with Crippen LogP contribution in [0, 0.1) is 0 Å². The zero-order valence-corrected chi connectivity index (χ0v) is 16.4. The number of likely N-dealkylation sites (tertiary alicyclic amines) is 1. The van der Waals surface area contributed by atoms with E-state index in [1.54, 1.807) is 12.4 Å². The first kappa shape index (κ1) is 19.7. The molecule has 148 valence electrons. The van der Waals surface area contributed by atoms with Crippen molar-refractivity contribution < 1.29 is 4.79 Å². The predicted octanol–water partition coefficient (Wildman–Crippen LogP) is 2.48. The number of nitrogens with zero attached hydrogens (tertiary/aromatic N) is 3. The monoisotopic (exact) mass is 381 g/mol. The molecular weight excluding hydrogens is 354 g/mol. The van der Waals surface area contributed by atoms with Gasteiger partial charge in [-0.15, -0.1) is 0 Å². The van der Waals surface area contributed by atoms with Gasteiger partial charge in [-0.05, 0) is 49.6 Å². The van der Waals surface area contributed by atoms with Crippen LogP contribution >= 0.6 is 0 Å². The predicted molar refractivity (Wildman–Crippen MR) is 113 cm³/mol. The summed E-state index contributed by atoms with van der Waals surface area (Å²) in [5.41, 5.74) is 2.49. The molecule has 2 N–H and O–H groups in total. The van der Waals surface area contributed by atoms with Crippen molar-refractivity contribution in [3.05, 3.63) is 53.6 Å². The summed E-state index contributed by atoms with van der Waals surface area (Å²) in [5.74, 6) is 0.747. The first-order chi connectivity index (χ1) is 13.6. The van der Waals surface area contributed by atoms with Crippen molar-refractivity contribution in [3.8, 4) is 11.1 Å². The number of amides is 1. The third-order valence-electron chi connectivity index (χ3n) is 5.27. The molecule has 28 heavy (non-hydrogen) atoms. The smallest absolute Gasteiger partial charge is 0.271 e. The van der Waals surface area contributed by atoms with E-state index in [9.17, 15) is 9.59 Å². The van der Waals surface area contributed by atoms with Gasteiger partial charge in [-0.1, -0.05) is 6.58 Å². The number of hydrogen-bond donors (Lipinski definition) is 2. The molecule has 1 aliphatic heterocycles. The average Bonchev–Trinajstić information content (AvgIpc) is 2.75.